The summed E-state index contributed by atoms with van der Waals surface area (Å²) >= 11 is 6.38. The number of hydrogen-bond acceptors (Lipinski definition) is 4. The molecule has 0 spiro atoms. The Bertz CT molecular complexity index is 562. The van der Waals surface area contributed by atoms with Crippen LogP contribution in [0.2, 0.25) is 0 Å². The van der Waals surface area contributed by atoms with Crippen molar-refractivity contribution in [2.45, 2.75) is 23.3 Å². The fourth-order valence-electron chi connectivity index (χ4n) is 1.62. The average molecular weight is 400 g/mol. The Morgan fingerprint density at radius 3 is 2.22 bits per heavy atom. The number of halogens is 2. The molecule has 1 aliphatic carbocycles. The normalized spacial score (nSPS) is 17.7. The molecule has 1 aliphatic rings. The van der Waals surface area contributed by atoms with Gasteiger partial charge < -0.3 is 10.8 Å². The van der Waals surface area contributed by atoms with Gasteiger partial charge in [0.1, 0.15) is 4.90 Å². The summed E-state index contributed by atoms with van der Waals surface area (Å²) in [6, 6.07) is 3.05. The molecule has 100 valence electrons. The van der Waals surface area contributed by atoms with Crippen molar-refractivity contribution in [3.63, 3.8) is 0 Å². The SMILES string of the molecule is Nc1cc(Br)c(S(=O)(=O)NC2(CO)CC2)c(Br)c1. The Balaban J connectivity index is 2.42. The van der Waals surface area contributed by atoms with E-state index >= 15 is 0 Å². The fraction of sp³-hybridized carbons (Fsp3) is 0.400. The summed E-state index contributed by atoms with van der Waals surface area (Å²) in [5, 5.41) is 9.18. The first-order chi connectivity index (χ1) is 8.30. The molecular formula is C10H12Br2N2O3S. The zero-order valence-electron chi connectivity index (χ0n) is 9.28. The quantitative estimate of drug-likeness (QED) is 0.670. The van der Waals surface area contributed by atoms with E-state index in [0.717, 1.165) is 0 Å². The van der Waals surface area contributed by atoms with Crippen LogP contribution in [0.25, 0.3) is 0 Å². The van der Waals surface area contributed by atoms with Gasteiger partial charge in [0, 0.05) is 14.6 Å². The fourth-order valence-corrected chi connectivity index (χ4v) is 5.69. The van der Waals surface area contributed by atoms with Crippen LogP contribution in [0.3, 0.4) is 0 Å². The lowest BCUT2D eigenvalue weighted by atomic mass is 10.3. The van der Waals surface area contributed by atoms with Crippen molar-refractivity contribution in [1.82, 2.24) is 4.72 Å². The summed E-state index contributed by atoms with van der Waals surface area (Å²) in [7, 11) is -3.70. The molecular weight excluding hydrogens is 388 g/mol. The number of aliphatic hydroxyl groups is 1. The van der Waals surface area contributed by atoms with Gasteiger partial charge in [0.15, 0.2) is 0 Å². The van der Waals surface area contributed by atoms with Crippen molar-refractivity contribution in [3.05, 3.63) is 21.1 Å². The Kier molecular flexibility index (Phi) is 3.76. The van der Waals surface area contributed by atoms with Crippen molar-refractivity contribution < 1.29 is 13.5 Å². The molecule has 8 heteroatoms. The first-order valence-electron chi connectivity index (χ1n) is 5.19. The van der Waals surface area contributed by atoms with Crippen LogP contribution in [-0.2, 0) is 10.0 Å². The minimum Gasteiger partial charge on any atom is -0.399 e. The third kappa shape index (κ3) is 2.72. The third-order valence-electron chi connectivity index (χ3n) is 2.80. The first-order valence-corrected chi connectivity index (χ1v) is 8.26. The van der Waals surface area contributed by atoms with Gasteiger partial charge in [0.2, 0.25) is 10.0 Å². The maximum absolute atomic E-state index is 12.3. The Morgan fingerprint density at radius 2 is 1.83 bits per heavy atom. The zero-order valence-corrected chi connectivity index (χ0v) is 13.3. The molecule has 0 atom stereocenters. The van der Waals surface area contributed by atoms with Gasteiger partial charge in [-0.25, -0.2) is 13.1 Å². The molecule has 5 nitrogen and oxygen atoms in total. The number of anilines is 1. The van der Waals surface area contributed by atoms with Crippen molar-refractivity contribution in [3.8, 4) is 0 Å². The Labute approximate surface area is 122 Å². The highest BCUT2D eigenvalue weighted by atomic mass is 79.9. The van der Waals surface area contributed by atoms with E-state index in [4.69, 9.17) is 5.73 Å². The molecule has 2 rings (SSSR count). The molecule has 0 saturated heterocycles. The first kappa shape index (κ1) is 14.3. The summed E-state index contributed by atoms with van der Waals surface area (Å²) in [6.07, 6.45) is 1.29. The smallest absolute Gasteiger partial charge is 0.243 e. The Hall–Kier alpha value is -0.150. The minimum absolute atomic E-state index is 0.0939. The highest BCUT2D eigenvalue weighted by molar-refractivity contribution is 9.11. The van der Waals surface area contributed by atoms with Crippen LogP contribution in [0.1, 0.15) is 12.8 Å². The Morgan fingerprint density at radius 1 is 1.33 bits per heavy atom. The van der Waals surface area contributed by atoms with E-state index in [2.05, 4.69) is 36.6 Å². The predicted octanol–water partition coefficient (Wildman–Crippen LogP) is 1.60. The molecule has 1 fully saturated rings. The van der Waals surface area contributed by atoms with E-state index in [9.17, 15) is 13.5 Å². The van der Waals surface area contributed by atoms with Crippen LogP contribution in [0.4, 0.5) is 5.69 Å². The lowest BCUT2D eigenvalue weighted by Crippen LogP contribution is -2.39. The molecule has 1 aromatic rings. The lowest BCUT2D eigenvalue weighted by molar-refractivity contribution is 0.246. The third-order valence-corrected chi connectivity index (χ3v) is 6.25. The maximum Gasteiger partial charge on any atom is 0.243 e. The highest BCUT2D eigenvalue weighted by Gasteiger charge is 2.46. The van der Waals surface area contributed by atoms with Gasteiger partial charge >= 0.3 is 0 Å². The monoisotopic (exact) mass is 398 g/mol. The second kappa shape index (κ2) is 4.75. The standard InChI is InChI=1S/C10H12Br2N2O3S/c11-7-3-6(13)4-8(12)9(7)18(16,17)14-10(5-15)1-2-10/h3-4,14-15H,1-2,5,13H2. The predicted molar refractivity (Wildman–Crippen MR) is 75.6 cm³/mol. The molecule has 0 aliphatic heterocycles. The second-order valence-corrected chi connectivity index (χ2v) is 7.69. The number of nitrogens with two attached hydrogens (primary N) is 1. The average Bonchev–Trinajstić information content (AvgIpc) is 2.95. The number of sulfonamides is 1. The van der Waals surface area contributed by atoms with Gasteiger partial charge in [-0.3, -0.25) is 0 Å². The summed E-state index contributed by atoms with van der Waals surface area (Å²) in [5.74, 6) is 0. The molecule has 0 amide bonds. The number of rotatable bonds is 4. The second-order valence-electron chi connectivity index (χ2n) is 4.36. The van der Waals surface area contributed by atoms with Crippen LogP contribution in [-0.4, -0.2) is 25.7 Å². The van der Waals surface area contributed by atoms with Crippen LogP contribution in [0.5, 0.6) is 0 Å². The van der Waals surface area contributed by atoms with E-state index in [0.29, 0.717) is 27.5 Å². The summed E-state index contributed by atoms with van der Waals surface area (Å²) in [6.45, 7) is -0.198. The largest absolute Gasteiger partial charge is 0.399 e. The number of benzene rings is 1. The van der Waals surface area contributed by atoms with Gasteiger partial charge in [-0.05, 0) is 56.8 Å². The van der Waals surface area contributed by atoms with Gasteiger partial charge in [0.25, 0.3) is 0 Å². The lowest BCUT2D eigenvalue weighted by Gasteiger charge is -2.16. The van der Waals surface area contributed by atoms with E-state index in [1.807, 2.05) is 0 Å². The van der Waals surface area contributed by atoms with Crippen LogP contribution < -0.4 is 10.5 Å². The summed E-state index contributed by atoms with van der Waals surface area (Å²) < 4.78 is 27.9. The topological polar surface area (TPSA) is 92.4 Å². The number of hydrogen-bond donors (Lipinski definition) is 3. The number of nitrogens with one attached hydrogen (secondary N) is 1. The zero-order chi connectivity index (χ0) is 13.6. The molecule has 0 bridgehead atoms. The molecule has 0 radical (unpaired) electrons. The van der Waals surface area contributed by atoms with E-state index in [-0.39, 0.29) is 11.5 Å². The molecule has 0 aromatic heterocycles. The molecule has 1 aromatic carbocycles. The summed E-state index contributed by atoms with van der Waals surface area (Å²) in [5.41, 5.74) is 5.38. The van der Waals surface area contributed by atoms with Gasteiger partial charge in [-0.2, -0.15) is 0 Å². The number of nitrogen functional groups attached to an aromatic ring is 1. The molecule has 1 saturated carbocycles. The molecule has 18 heavy (non-hydrogen) atoms. The highest BCUT2D eigenvalue weighted by Crippen LogP contribution is 2.39. The molecule has 0 unspecified atom stereocenters. The van der Waals surface area contributed by atoms with Crippen molar-refractivity contribution in [2.24, 2.45) is 0 Å². The van der Waals surface area contributed by atoms with E-state index in [1.165, 1.54) is 12.1 Å². The van der Waals surface area contributed by atoms with Gasteiger partial charge in [0.05, 0.1) is 12.1 Å². The van der Waals surface area contributed by atoms with Crippen molar-refractivity contribution in [2.75, 3.05) is 12.3 Å². The number of aliphatic hydroxyl groups excluding tert-OH is 1. The van der Waals surface area contributed by atoms with Crippen LogP contribution >= 0.6 is 31.9 Å². The molecule has 4 N–H and O–H groups in total. The van der Waals surface area contributed by atoms with E-state index in [1.54, 1.807) is 0 Å². The maximum atomic E-state index is 12.3. The summed E-state index contributed by atoms with van der Waals surface area (Å²) in [4.78, 5) is 0.0939. The van der Waals surface area contributed by atoms with Crippen LogP contribution in [0.15, 0.2) is 26.0 Å². The van der Waals surface area contributed by atoms with E-state index < -0.39 is 15.6 Å². The van der Waals surface area contributed by atoms with Gasteiger partial charge in [-0.1, -0.05) is 0 Å². The van der Waals surface area contributed by atoms with Crippen LogP contribution in [0, 0.1) is 0 Å². The van der Waals surface area contributed by atoms with Crippen molar-refractivity contribution in [1.29, 1.82) is 0 Å². The van der Waals surface area contributed by atoms with Crippen molar-refractivity contribution >= 4 is 47.6 Å². The van der Waals surface area contributed by atoms with Gasteiger partial charge in [-0.15, -0.1) is 0 Å². The minimum atomic E-state index is -3.70. The molecule has 0 heterocycles.